The summed E-state index contributed by atoms with van der Waals surface area (Å²) >= 11 is 1.73. The van der Waals surface area contributed by atoms with Crippen LogP contribution in [0, 0.1) is 6.92 Å². The van der Waals surface area contributed by atoms with E-state index in [0.717, 1.165) is 11.5 Å². The molecule has 17 heavy (non-hydrogen) atoms. The molecule has 1 heterocycles. The fourth-order valence-electron chi connectivity index (χ4n) is 1.16. The number of hydrogen-bond acceptors (Lipinski definition) is 5. The van der Waals surface area contributed by atoms with E-state index >= 15 is 0 Å². The summed E-state index contributed by atoms with van der Waals surface area (Å²) in [5.41, 5.74) is 0.650. The van der Waals surface area contributed by atoms with Crippen LogP contribution in [0.15, 0.2) is 18.7 Å². The Morgan fingerprint density at radius 3 is 3.06 bits per heavy atom. The van der Waals surface area contributed by atoms with Gasteiger partial charge in [0.05, 0.1) is 0 Å². The summed E-state index contributed by atoms with van der Waals surface area (Å²) in [6.45, 7) is 6.07. The third-order valence-corrected chi connectivity index (χ3v) is 2.80. The largest absolute Gasteiger partial charge is 0.477 e. The van der Waals surface area contributed by atoms with E-state index in [1.165, 1.54) is 6.07 Å². The van der Waals surface area contributed by atoms with E-state index in [9.17, 15) is 4.79 Å². The van der Waals surface area contributed by atoms with Crippen molar-refractivity contribution in [1.82, 2.24) is 9.97 Å². The van der Waals surface area contributed by atoms with Crippen LogP contribution in [0.2, 0.25) is 0 Å². The molecule has 1 aromatic heterocycles. The Hall–Kier alpha value is -1.56. The van der Waals surface area contributed by atoms with Gasteiger partial charge in [0.1, 0.15) is 0 Å². The number of carbonyl (C=O) groups is 1. The minimum Gasteiger partial charge on any atom is -0.477 e. The van der Waals surface area contributed by atoms with Crippen molar-refractivity contribution in [3.63, 3.8) is 0 Å². The number of nitrogens with one attached hydrogen (secondary N) is 1. The minimum atomic E-state index is -1.04. The molecule has 0 aliphatic rings. The Kier molecular flexibility index (Phi) is 5.48. The molecule has 0 fully saturated rings. The second-order valence-electron chi connectivity index (χ2n) is 3.31. The SMILES string of the molecule is C=CCSCCNc1nc(C)cc(C(=O)O)n1. The molecule has 0 bridgehead atoms. The Balaban J connectivity index is 2.53. The maximum absolute atomic E-state index is 10.8. The van der Waals surface area contributed by atoms with Crippen LogP contribution >= 0.6 is 11.8 Å². The number of nitrogens with zero attached hydrogens (tertiary/aromatic N) is 2. The Morgan fingerprint density at radius 1 is 1.65 bits per heavy atom. The normalized spacial score (nSPS) is 9.94. The number of hydrogen-bond donors (Lipinski definition) is 2. The Bertz CT molecular complexity index is 410. The summed E-state index contributed by atoms with van der Waals surface area (Å²) in [7, 11) is 0. The van der Waals surface area contributed by atoms with Crippen LogP contribution in [-0.2, 0) is 0 Å². The summed E-state index contributed by atoms with van der Waals surface area (Å²) in [6, 6.07) is 1.44. The number of carboxylic acid groups (broad SMARTS) is 1. The van der Waals surface area contributed by atoms with E-state index in [0.29, 0.717) is 18.2 Å². The first-order chi connectivity index (χ1) is 8.13. The van der Waals surface area contributed by atoms with Gasteiger partial charge in [0, 0.05) is 23.7 Å². The number of rotatable bonds is 7. The Morgan fingerprint density at radius 2 is 2.41 bits per heavy atom. The highest BCUT2D eigenvalue weighted by molar-refractivity contribution is 7.99. The van der Waals surface area contributed by atoms with Gasteiger partial charge < -0.3 is 10.4 Å². The molecule has 0 saturated heterocycles. The highest BCUT2D eigenvalue weighted by atomic mass is 32.2. The zero-order valence-corrected chi connectivity index (χ0v) is 10.5. The second-order valence-corrected chi connectivity index (χ2v) is 4.46. The van der Waals surface area contributed by atoms with Crippen LogP contribution in [0.5, 0.6) is 0 Å². The smallest absolute Gasteiger partial charge is 0.354 e. The number of aryl methyl sites for hydroxylation is 1. The number of aromatic nitrogens is 2. The predicted octanol–water partition coefficient (Wildman–Crippen LogP) is 1.81. The molecule has 0 amide bonds. The number of aromatic carboxylic acids is 1. The lowest BCUT2D eigenvalue weighted by molar-refractivity contribution is 0.0690. The first kappa shape index (κ1) is 13.5. The molecule has 1 rings (SSSR count). The molecule has 1 aromatic rings. The first-order valence-corrected chi connectivity index (χ1v) is 6.30. The third-order valence-electron chi connectivity index (χ3n) is 1.84. The second kappa shape index (κ2) is 6.90. The van der Waals surface area contributed by atoms with Crippen molar-refractivity contribution in [2.75, 3.05) is 23.4 Å². The summed E-state index contributed by atoms with van der Waals surface area (Å²) in [4.78, 5) is 18.8. The van der Waals surface area contributed by atoms with Crippen LogP contribution < -0.4 is 5.32 Å². The molecule has 0 atom stereocenters. The van der Waals surface area contributed by atoms with Crippen molar-refractivity contribution in [3.05, 3.63) is 30.1 Å². The summed E-state index contributed by atoms with van der Waals surface area (Å²) < 4.78 is 0. The monoisotopic (exact) mass is 253 g/mol. The number of thioether (sulfide) groups is 1. The Labute approximate surface area is 104 Å². The number of anilines is 1. The quantitative estimate of drug-likeness (QED) is 0.570. The zero-order chi connectivity index (χ0) is 12.7. The molecule has 0 radical (unpaired) electrons. The van der Waals surface area contributed by atoms with E-state index < -0.39 is 5.97 Å². The van der Waals surface area contributed by atoms with Crippen LogP contribution in [-0.4, -0.2) is 39.1 Å². The molecule has 0 unspecified atom stereocenters. The molecule has 0 saturated carbocycles. The molecule has 0 aromatic carbocycles. The van der Waals surface area contributed by atoms with Gasteiger partial charge in [0.25, 0.3) is 0 Å². The predicted molar refractivity (Wildman–Crippen MR) is 69.7 cm³/mol. The lowest BCUT2D eigenvalue weighted by atomic mass is 10.3. The molecule has 5 nitrogen and oxygen atoms in total. The standard InChI is InChI=1S/C11H15N3O2S/c1-3-5-17-6-4-12-11-13-8(2)7-9(14-11)10(15)16/h3,7H,1,4-6H2,2H3,(H,15,16)(H,12,13,14). The molecule has 0 aliphatic heterocycles. The van der Waals surface area contributed by atoms with Gasteiger partial charge >= 0.3 is 5.97 Å². The van der Waals surface area contributed by atoms with Crippen molar-refractivity contribution >= 4 is 23.7 Å². The average molecular weight is 253 g/mol. The fourth-order valence-corrected chi connectivity index (χ4v) is 1.74. The van der Waals surface area contributed by atoms with Crippen LogP contribution in [0.4, 0.5) is 5.95 Å². The molecule has 2 N–H and O–H groups in total. The lowest BCUT2D eigenvalue weighted by Crippen LogP contribution is -2.11. The lowest BCUT2D eigenvalue weighted by Gasteiger charge is -2.05. The van der Waals surface area contributed by atoms with Crippen LogP contribution in [0.1, 0.15) is 16.2 Å². The maximum atomic E-state index is 10.8. The van der Waals surface area contributed by atoms with Gasteiger partial charge in [-0.2, -0.15) is 11.8 Å². The third kappa shape index (κ3) is 4.86. The molecule has 92 valence electrons. The van der Waals surface area contributed by atoms with Gasteiger partial charge in [0.2, 0.25) is 5.95 Å². The van der Waals surface area contributed by atoms with Crippen molar-refractivity contribution < 1.29 is 9.90 Å². The van der Waals surface area contributed by atoms with Gasteiger partial charge in [-0.15, -0.1) is 6.58 Å². The van der Waals surface area contributed by atoms with Crippen LogP contribution in [0.25, 0.3) is 0 Å². The van der Waals surface area contributed by atoms with Gasteiger partial charge in [-0.1, -0.05) is 6.08 Å². The van der Waals surface area contributed by atoms with Gasteiger partial charge in [0.15, 0.2) is 5.69 Å². The zero-order valence-electron chi connectivity index (χ0n) is 9.64. The molecule has 0 spiro atoms. The minimum absolute atomic E-state index is 0.0127. The van der Waals surface area contributed by atoms with E-state index in [2.05, 4.69) is 21.9 Å². The number of carboxylic acids is 1. The van der Waals surface area contributed by atoms with Crippen LogP contribution in [0.3, 0.4) is 0 Å². The maximum Gasteiger partial charge on any atom is 0.354 e. The average Bonchev–Trinajstić information content (AvgIpc) is 2.28. The molecular weight excluding hydrogens is 238 g/mol. The van der Waals surface area contributed by atoms with Crippen molar-refractivity contribution in [2.45, 2.75) is 6.92 Å². The van der Waals surface area contributed by atoms with E-state index in [-0.39, 0.29) is 5.69 Å². The highest BCUT2D eigenvalue weighted by Gasteiger charge is 2.07. The molecule has 0 aliphatic carbocycles. The van der Waals surface area contributed by atoms with Crippen molar-refractivity contribution in [3.8, 4) is 0 Å². The summed E-state index contributed by atoms with van der Waals surface area (Å²) in [6.07, 6.45) is 1.84. The first-order valence-electron chi connectivity index (χ1n) is 5.15. The highest BCUT2D eigenvalue weighted by Crippen LogP contribution is 2.05. The van der Waals surface area contributed by atoms with Gasteiger partial charge in [-0.25, -0.2) is 14.8 Å². The van der Waals surface area contributed by atoms with Gasteiger partial charge in [-0.3, -0.25) is 0 Å². The molecule has 6 heteroatoms. The molecular formula is C11H15N3O2S. The van der Waals surface area contributed by atoms with Crippen molar-refractivity contribution in [2.24, 2.45) is 0 Å². The van der Waals surface area contributed by atoms with Gasteiger partial charge in [-0.05, 0) is 13.0 Å². The topological polar surface area (TPSA) is 75.1 Å². The van der Waals surface area contributed by atoms with Crippen molar-refractivity contribution in [1.29, 1.82) is 0 Å². The summed E-state index contributed by atoms with van der Waals surface area (Å²) in [5, 5.41) is 11.8. The van der Waals surface area contributed by atoms with E-state index in [1.807, 2.05) is 6.08 Å². The summed E-state index contributed by atoms with van der Waals surface area (Å²) in [5.74, 6) is 1.11. The fraction of sp³-hybridized carbons (Fsp3) is 0.364. The van der Waals surface area contributed by atoms with E-state index in [1.54, 1.807) is 18.7 Å². The van der Waals surface area contributed by atoms with E-state index in [4.69, 9.17) is 5.11 Å².